The number of hydrogen-bond acceptors (Lipinski definition) is 5. The topological polar surface area (TPSA) is 79.3 Å². The minimum absolute atomic E-state index is 0.0606. The Labute approximate surface area is 166 Å². The van der Waals surface area contributed by atoms with Crippen LogP contribution in [0.3, 0.4) is 0 Å². The number of amides is 1. The number of nitrogens with zero attached hydrogens (tertiary/aromatic N) is 1. The first-order valence-electron chi connectivity index (χ1n) is 7.78. The number of carbonyl (C=O) groups is 2. The van der Waals surface area contributed by atoms with Crippen LogP contribution in [-0.2, 0) is 0 Å². The van der Waals surface area contributed by atoms with Crippen LogP contribution in [0, 0.1) is 0 Å². The zero-order valence-corrected chi connectivity index (χ0v) is 16.0. The van der Waals surface area contributed by atoms with E-state index in [0.29, 0.717) is 16.1 Å². The maximum absolute atomic E-state index is 12.6. The molecule has 134 valence electrons. The Bertz CT molecular complexity index is 1170. The molecule has 27 heavy (non-hydrogen) atoms. The van der Waals surface area contributed by atoms with Crippen molar-refractivity contribution in [3.8, 4) is 11.1 Å². The van der Waals surface area contributed by atoms with Gasteiger partial charge in [0.05, 0.1) is 15.7 Å². The van der Waals surface area contributed by atoms with Crippen LogP contribution >= 0.6 is 34.3 Å². The summed E-state index contributed by atoms with van der Waals surface area (Å²) in [5.41, 5.74) is 4.19. The largest absolute Gasteiger partial charge is 0.478 e. The van der Waals surface area contributed by atoms with Crippen molar-refractivity contribution in [2.45, 2.75) is 0 Å². The molecule has 0 aliphatic heterocycles. The molecule has 2 N–H and O–H groups in total. The van der Waals surface area contributed by atoms with Crippen LogP contribution in [0.15, 0.2) is 53.4 Å². The van der Waals surface area contributed by atoms with Gasteiger partial charge < -0.3 is 10.4 Å². The predicted octanol–water partition coefficient (Wildman–Crippen LogP) is 5.63. The van der Waals surface area contributed by atoms with Crippen molar-refractivity contribution in [3.05, 3.63) is 69.5 Å². The average Bonchev–Trinajstić information content (AvgIpc) is 3.28. The van der Waals surface area contributed by atoms with E-state index >= 15 is 0 Å². The lowest BCUT2D eigenvalue weighted by Gasteiger charge is -2.06. The van der Waals surface area contributed by atoms with Crippen molar-refractivity contribution in [2.75, 3.05) is 5.32 Å². The normalized spacial score (nSPS) is 10.9. The van der Waals surface area contributed by atoms with Crippen molar-refractivity contribution in [1.29, 1.82) is 0 Å². The second kappa shape index (κ2) is 7.11. The van der Waals surface area contributed by atoms with Gasteiger partial charge in [0.2, 0.25) is 0 Å². The van der Waals surface area contributed by atoms with Crippen molar-refractivity contribution < 1.29 is 14.7 Å². The van der Waals surface area contributed by atoms with Gasteiger partial charge in [-0.3, -0.25) is 4.79 Å². The van der Waals surface area contributed by atoms with Gasteiger partial charge in [-0.2, -0.15) is 0 Å². The number of rotatable bonds is 4. The number of thiazole rings is 1. The fourth-order valence-corrected chi connectivity index (χ4v) is 4.42. The summed E-state index contributed by atoms with van der Waals surface area (Å²) in [4.78, 5) is 28.6. The smallest absolute Gasteiger partial charge is 0.339 e. The summed E-state index contributed by atoms with van der Waals surface area (Å²) in [6.07, 6.45) is 0. The van der Waals surface area contributed by atoms with E-state index in [-0.39, 0.29) is 16.5 Å². The molecule has 2 aromatic heterocycles. The van der Waals surface area contributed by atoms with Crippen LogP contribution in [0.5, 0.6) is 0 Å². The molecule has 0 aliphatic carbocycles. The van der Waals surface area contributed by atoms with Gasteiger partial charge in [0.25, 0.3) is 5.91 Å². The number of aromatic nitrogens is 1. The Morgan fingerprint density at radius 2 is 1.85 bits per heavy atom. The van der Waals surface area contributed by atoms with Crippen LogP contribution in [0.25, 0.3) is 21.3 Å². The molecule has 0 unspecified atom stereocenters. The fraction of sp³-hybridized carbons (Fsp3) is 0. The molecular weight excluding hydrogens is 404 g/mol. The highest BCUT2D eigenvalue weighted by Crippen LogP contribution is 2.36. The Morgan fingerprint density at radius 3 is 2.59 bits per heavy atom. The molecular formula is C19H11ClN2O3S2. The lowest BCUT2D eigenvalue weighted by Crippen LogP contribution is -2.13. The van der Waals surface area contributed by atoms with E-state index in [1.54, 1.807) is 47.3 Å². The van der Waals surface area contributed by atoms with Crippen LogP contribution in [0.1, 0.15) is 20.7 Å². The minimum Gasteiger partial charge on any atom is -0.478 e. The zero-order chi connectivity index (χ0) is 19.0. The van der Waals surface area contributed by atoms with Crippen molar-refractivity contribution >= 4 is 61.4 Å². The Morgan fingerprint density at radius 1 is 1.07 bits per heavy atom. The average molecular weight is 415 g/mol. The number of hydrogen-bond donors (Lipinski definition) is 2. The summed E-state index contributed by atoms with van der Waals surface area (Å²) >= 11 is 8.57. The molecule has 2 aromatic carbocycles. The van der Waals surface area contributed by atoms with E-state index in [1.807, 2.05) is 6.07 Å². The van der Waals surface area contributed by atoms with Gasteiger partial charge in [-0.15, -0.1) is 22.7 Å². The number of anilines is 1. The number of carboxylic acid groups (broad SMARTS) is 1. The quantitative estimate of drug-likeness (QED) is 0.453. The number of nitrogens with one attached hydrogen (secondary N) is 1. The summed E-state index contributed by atoms with van der Waals surface area (Å²) in [7, 11) is 0. The molecule has 5 nitrogen and oxygen atoms in total. The van der Waals surface area contributed by atoms with Crippen LogP contribution in [0.2, 0.25) is 5.02 Å². The first-order chi connectivity index (χ1) is 13.0. The Kier molecular flexibility index (Phi) is 4.65. The van der Waals surface area contributed by atoms with E-state index in [9.17, 15) is 14.7 Å². The second-order valence-electron chi connectivity index (χ2n) is 5.65. The SMILES string of the molecule is O=C(Nc1scc(-c2ccc(Cl)cc2)c1C(=O)O)c1ccc2scnc2c1. The number of aromatic carboxylic acids is 1. The maximum atomic E-state index is 12.6. The minimum atomic E-state index is -1.11. The number of fused-ring (bicyclic) bond motifs is 1. The number of halogens is 1. The highest BCUT2D eigenvalue weighted by molar-refractivity contribution is 7.16. The molecule has 0 atom stereocenters. The van der Waals surface area contributed by atoms with E-state index < -0.39 is 5.97 Å². The first-order valence-corrected chi connectivity index (χ1v) is 9.92. The lowest BCUT2D eigenvalue weighted by molar-refractivity contribution is 0.0699. The number of benzene rings is 2. The predicted molar refractivity (Wildman–Crippen MR) is 109 cm³/mol. The third-order valence-corrected chi connectivity index (χ3v) is 5.94. The van der Waals surface area contributed by atoms with Crippen LogP contribution in [0.4, 0.5) is 5.00 Å². The van der Waals surface area contributed by atoms with Gasteiger partial charge in [0, 0.05) is 21.5 Å². The van der Waals surface area contributed by atoms with Crippen LogP contribution < -0.4 is 5.32 Å². The lowest BCUT2D eigenvalue weighted by atomic mass is 10.0. The van der Waals surface area contributed by atoms with Crippen molar-refractivity contribution in [1.82, 2.24) is 4.98 Å². The Balaban J connectivity index is 1.68. The van der Waals surface area contributed by atoms with E-state index in [1.165, 1.54) is 22.7 Å². The van der Waals surface area contributed by atoms with Gasteiger partial charge in [-0.25, -0.2) is 9.78 Å². The second-order valence-corrected chi connectivity index (χ2v) is 7.86. The molecule has 0 aliphatic rings. The fourth-order valence-electron chi connectivity index (χ4n) is 2.68. The number of carbonyl (C=O) groups excluding carboxylic acids is 1. The molecule has 0 radical (unpaired) electrons. The zero-order valence-electron chi connectivity index (χ0n) is 13.6. The summed E-state index contributed by atoms with van der Waals surface area (Å²) in [6.45, 7) is 0. The van der Waals surface area contributed by atoms with E-state index in [2.05, 4.69) is 10.3 Å². The third-order valence-electron chi connectivity index (χ3n) is 3.98. The third kappa shape index (κ3) is 3.44. The summed E-state index contributed by atoms with van der Waals surface area (Å²) in [5, 5.41) is 15.0. The highest BCUT2D eigenvalue weighted by atomic mass is 35.5. The van der Waals surface area contributed by atoms with Gasteiger partial charge in [0.15, 0.2) is 0 Å². The van der Waals surface area contributed by atoms with Crippen LogP contribution in [-0.4, -0.2) is 22.0 Å². The van der Waals surface area contributed by atoms with Gasteiger partial charge in [0.1, 0.15) is 10.6 Å². The maximum Gasteiger partial charge on any atom is 0.339 e. The van der Waals surface area contributed by atoms with Gasteiger partial charge in [-0.1, -0.05) is 23.7 Å². The molecule has 8 heteroatoms. The molecule has 0 saturated carbocycles. The summed E-state index contributed by atoms with van der Waals surface area (Å²) < 4.78 is 0.985. The van der Waals surface area contributed by atoms with E-state index in [4.69, 9.17) is 11.6 Å². The summed E-state index contributed by atoms with van der Waals surface area (Å²) in [6, 6.07) is 12.1. The molecule has 0 saturated heterocycles. The molecule has 0 bridgehead atoms. The molecule has 1 amide bonds. The molecule has 0 fully saturated rings. The highest BCUT2D eigenvalue weighted by Gasteiger charge is 2.21. The van der Waals surface area contributed by atoms with E-state index in [0.717, 1.165) is 15.8 Å². The first kappa shape index (κ1) is 17.7. The molecule has 4 aromatic rings. The number of thiophene rings is 1. The molecule has 4 rings (SSSR count). The van der Waals surface area contributed by atoms with Crippen molar-refractivity contribution in [2.24, 2.45) is 0 Å². The summed E-state index contributed by atoms with van der Waals surface area (Å²) in [5.74, 6) is -1.48. The van der Waals surface area contributed by atoms with Gasteiger partial charge >= 0.3 is 5.97 Å². The number of carboxylic acids is 1. The van der Waals surface area contributed by atoms with Gasteiger partial charge in [-0.05, 0) is 35.9 Å². The molecule has 0 spiro atoms. The standard InChI is InChI=1S/C19H11ClN2O3S2/c20-12-4-1-10(2-5-12)13-8-26-18(16(13)19(24)25)22-17(23)11-3-6-15-14(7-11)21-9-27-15/h1-9H,(H,22,23)(H,24,25). The van der Waals surface area contributed by atoms with Crippen molar-refractivity contribution in [3.63, 3.8) is 0 Å². The Hall–Kier alpha value is -2.74. The monoisotopic (exact) mass is 414 g/mol. The molecule has 2 heterocycles.